The monoisotopic (exact) mass is 489 g/mol. The molecule has 1 aliphatic carbocycles. The minimum Gasteiger partial charge on any atom is -0.325 e. The van der Waals surface area contributed by atoms with E-state index in [0.29, 0.717) is 23.0 Å². The summed E-state index contributed by atoms with van der Waals surface area (Å²) >= 11 is 3.08. The largest absolute Gasteiger partial charge is 0.325 e. The van der Waals surface area contributed by atoms with Crippen LogP contribution < -0.4 is 10.6 Å². The van der Waals surface area contributed by atoms with Crippen LogP contribution in [0.15, 0.2) is 77.3 Å². The highest BCUT2D eigenvalue weighted by Crippen LogP contribution is 2.39. The molecule has 9 heteroatoms. The fraction of sp³-hybridized carbons (Fsp3) is 0.200. The van der Waals surface area contributed by atoms with Crippen molar-refractivity contribution in [3.63, 3.8) is 0 Å². The van der Waals surface area contributed by atoms with Crippen LogP contribution in [-0.2, 0) is 11.2 Å². The number of hydrogen-bond donors (Lipinski definition) is 2. The predicted molar refractivity (Wildman–Crippen MR) is 136 cm³/mol. The lowest BCUT2D eigenvalue weighted by atomic mass is 10.1. The topological polar surface area (TPSA) is 88.9 Å². The second kappa shape index (κ2) is 10.2. The van der Waals surface area contributed by atoms with Gasteiger partial charge >= 0.3 is 0 Å². The fourth-order valence-electron chi connectivity index (χ4n) is 3.62. The zero-order valence-electron chi connectivity index (χ0n) is 18.3. The summed E-state index contributed by atoms with van der Waals surface area (Å²) in [7, 11) is 0. The zero-order valence-corrected chi connectivity index (χ0v) is 19.9. The summed E-state index contributed by atoms with van der Waals surface area (Å²) in [6, 6.07) is 20.8. The molecule has 5 rings (SSSR count). The second-order valence-electron chi connectivity index (χ2n) is 7.96. The van der Waals surface area contributed by atoms with Gasteiger partial charge < -0.3 is 15.2 Å². The van der Waals surface area contributed by atoms with Crippen LogP contribution in [0, 0.1) is 0 Å². The van der Waals surface area contributed by atoms with Crippen molar-refractivity contribution in [2.24, 2.45) is 0 Å². The van der Waals surface area contributed by atoms with E-state index in [0.717, 1.165) is 30.2 Å². The Balaban J connectivity index is 1.24. The molecule has 4 aromatic rings. The molecule has 0 unspecified atom stereocenters. The van der Waals surface area contributed by atoms with Crippen LogP contribution in [0.3, 0.4) is 0 Å². The average molecular weight is 490 g/mol. The van der Waals surface area contributed by atoms with E-state index in [1.807, 2.05) is 36.4 Å². The molecule has 1 aliphatic rings. The van der Waals surface area contributed by atoms with Gasteiger partial charge in [-0.15, -0.1) is 21.5 Å². The number of anilines is 2. The summed E-state index contributed by atoms with van der Waals surface area (Å²) in [5, 5.41) is 17.3. The highest BCUT2D eigenvalue weighted by Gasteiger charge is 2.30. The third-order valence-corrected chi connectivity index (χ3v) is 7.19. The second-order valence-corrected chi connectivity index (χ2v) is 9.93. The van der Waals surface area contributed by atoms with E-state index in [4.69, 9.17) is 0 Å². The summed E-state index contributed by atoms with van der Waals surface area (Å²) in [6.07, 6.45) is 2.97. The Morgan fingerprint density at radius 2 is 1.76 bits per heavy atom. The summed E-state index contributed by atoms with van der Waals surface area (Å²) in [4.78, 5) is 26.8. The molecular formula is C25H23N5O2S2. The molecule has 1 saturated carbocycles. The third-order valence-electron chi connectivity index (χ3n) is 5.37. The van der Waals surface area contributed by atoms with Gasteiger partial charge in [0.2, 0.25) is 5.91 Å². The Morgan fingerprint density at radius 3 is 2.53 bits per heavy atom. The van der Waals surface area contributed by atoms with Crippen molar-refractivity contribution in [3.8, 4) is 0 Å². The number of aromatic nitrogens is 3. The average Bonchev–Trinajstić information content (AvgIpc) is 3.40. The van der Waals surface area contributed by atoms with Crippen LogP contribution in [0.1, 0.15) is 39.9 Å². The number of hydrogen-bond acceptors (Lipinski definition) is 6. The van der Waals surface area contributed by atoms with E-state index >= 15 is 0 Å². The van der Waals surface area contributed by atoms with Crippen molar-refractivity contribution in [1.82, 2.24) is 14.8 Å². The van der Waals surface area contributed by atoms with Gasteiger partial charge in [0.1, 0.15) is 5.82 Å². The van der Waals surface area contributed by atoms with E-state index in [1.54, 1.807) is 35.6 Å². The SMILES string of the molecule is O=C(CSc1nnc(Cc2cccs2)n1C1CC1)Nc1ccccc1C(=O)Nc1ccccc1. The first kappa shape index (κ1) is 22.4. The molecule has 0 atom stereocenters. The van der Waals surface area contributed by atoms with Gasteiger partial charge in [0.15, 0.2) is 5.16 Å². The maximum absolute atomic E-state index is 12.8. The summed E-state index contributed by atoms with van der Waals surface area (Å²) in [6.45, 7) is 0. The molecular weight excluding hydrogens is 466 g/mol. The molecule has 0 radical (unpaired) electrons. The third kappa shape index (κ3) is 5.37. The fourth-order valence-corrected chi connectivity index (χ4v) is 5.15. The molecule has 2 heterocycles. The van der Waals surface area contributed by atoms with E-state index in [2.05, 4.69) is 36.8 Å². The molecule has 172 valence electrons. The van der Waals surface area contributed by atoms with Crippen molar-refractivity contribution in [3.05, 3.63) is 88.4 Å². The van der Waals surface area contributed by atoms with Gasteiger partial charge in [0, 0.05) is 23.0 Å². The van der Waals surface area contributed by atoms with E-state index < -0.39 is 0 Å². The number of benzene rings is 2. The Labute approximate surface area is 205 Å². The Hall–Kier alpha value is -3.43. The number of nitrogens with one attached hydrogen (secondary N) is 2. The van der Waals surface area contributed by atoms with Crippen LogP contribution in [0.4, 0.5) is 11.4 Å². The highest BCUT2D eigenvalue weighted by molar-refractivity contribution is 7.99. The highest BCUT2D eigenvalue weighted by atomic mass is 32.2. The van der Waals surface area contributed by atoms with Crippen LogP contribution in [0.25, 0.3) is 0 Å². The van der Waals surface area contributed by atoms with Crippen molar-refractivity contribution in [2.75, 3.05) is 16.4 Å². The first-order chi connectivity index (χ1) is 16.7. The molecule has 0 saturated heterocycles. The first-order valence-electron chi connectivity index (χ1n) is 11.0. The van der Waals surface area contributed by atoms with Gasteiger partial charge in [-0.2, -0.15) is 0 Å². The van der Waals surface area contributed by atoms with Gasteiger partial charge in [0.05, 0.1) is 17.0 Å². The molecule has 34 heavy (non-hydrogen) atoms. The van der Waals surface area contributed by atoms with E-state index in [-0.39, 0.29) is 17.6 Å². The Kier molecular flexibility index (Phi) is 6.73. The smallest absolute Gasteiger partial charge is 0.257 e. The van der Waals surface area contributed by atoms with Gasteiger partial charge in [-0.1, -0.05) is 48.2 Å². The molecule has 2 aromatic carbocycles. The maximum Gasteiger partial charge on any atom is 0.257 e. The molecule has 7 nitrogen and oxygen atoms in total. The lowest BCUT2D eigenvalue weighted by Crippen LogP contribution is -2.19. The minimum atomic E-state index is -0.276. The van der Waals surface area contributed by atoms with E-state index in [1.165, 1.54) is 16.6 Å². The van der Waals surface area contributed by atoms with Gasteiger partial charge in [0.25, 0.3) is 5.91 Å². The number of rotatable bonds is 9. The Bertz CT molecular complexity index is 1280. The van der Waals surface area contributed by atoms with Crippen molar-refractivity contribution in [2.45, 2.75) is 30.5 Å². The Morgan fingerprint density at radius 1 is 0.971 bits per heavy atom. The number of carbonyl (C=O) groups excluding carboxylic acids is 2. The van der Waals surface area contributed by atoms with Gasteiger partial charge in [-0.3, -0.25) is 9.59 Å². The summed E-state index contributed by atoms with van der Waals surface area (Å²) in [5.41, 5.74) is 1.58. The molecule has 2 amide bonds. The standard InChI is InChI=1S/C25H23N5O2S2/c31-23(27-21-11-5-4-10-20(21)24(32)26-17-7-2-1-3-8-17)16-34-25-29-28-22(30(25)18-12-13-18)15-19-9-6-14-33-19/h1-11,14,18H,12-13,15-16H2,(H,26,32)(H,27,31). The van der Waals surface area contributed by atoms with Crippen molar-refractivity contribution >= 4 is 46.3 Å². The van der Waals surface area contributed by atoms with E-state index in [9.17, 15) is 9.59 Å². The van der Waals surface area contributed by atoms with Gasteiger partial charge in [-0.05, 0) is 48.6 Å². The molecule has 0 spiro atoms. The maximum atomic E-state index is 12.8. The number of carbonyl (C=O) groups is 2. The normalized spacial score (nSPS) is 12.9. The molecule has 0 aliphatic heterocycles. The first-order valence-corrected chi connectivity index (χ1v) is 12.9. The molecule has 2 aromatic heterocycles. The quantitative estimate of drug-likeness (QED) is 0.314. The lowest BCUT2D eigenvalue weighted by molar-refractivity contribution is -0.113. The summed E-state index contributed by atoms with van der Waals surface area (Å²) < 4.78 is 2.18. The van der Waals surface area contributed by atoms with Crippen LogP contribution in [-0.4, -0.2) is 32.3 Å². The number of thiophene rings is 1. The van der Waals surface area contributed by atoms with Crippen molar-refractivity contribution < 1.29 is 9.59 Å². The number of amides is 2. The molecule has 2 N–H and O–H groups in total. The molecule has 0 bridgehead atoms. The predicted octanol–water partition coefficient (Wildman–Crippen LogP) is 5.25. The van der Waals surface area contributed by atoms with Crippen LogP contribution in [0.2, 0.25) is 0 Å². The van der Waals surface area contributed by atoms with Crippen molar-refractivity contribution in [1.29, 1.82) is 0 Å². The van der Waals surface area contributed by atoms with Crippen LogP contribution in [0.5, 0.6) is 0 Å². The minimum absolute atomic E-state index is 0.179. The summed E-state index contributed by atoms with van der Waals surface area (Å²) in [5.74, 6) is 0.644. The molecule has 1 fully saturated rings. The lowest BCUT2D eigenvalue weighted by Gasteiger charge is -2.12. The number of thioether (sulfide) groups is 1. The number of nitrogens with zero attached hydrogens (tertiary/aromatic N) is 3. The van der Waals surface area contributed by atoms with Gasteiger partial charge in [-0.25, -0.2) is 0 Å². The van der Waals surface area contributed by atoms with Crippen LogP contribution >= 0.6 is 23.1 Å². The number of para-hydroxylation sites is 2. The zero-order chi connectivity index (χ0) is 23.3.